The molecule has 0 N–H and O–H groups in total. The molecule has 1 saturated heterocycles. The van der Waals surface area contributed by atoms with Gasteiger partial charge in [-0.05, 0) is 12.1 Å². The van der Waals surface area contributed by atoms with Gasteiger partial charge in [-0.3, -0.25) is 9.59 Å². The molecule has 0 spiro atoms. The monoisotopic (exact) mass is 331 g/mol. The number of fused-ring (bicyclic) bond motifs is 1. The van der Waals surface area contributed by atoms with E-state index in [4.69, 9.17) is 9.47 Å². The second-order valence-corrected chi connectivity index (χ2v) is 5.85. The first-order valence-electron chi connectivity index (χ1n) is 7.92. The Bertz CT molecular complexity index is 755. The minimum Gasteiger partial charge on any atom is -0.468 e. The second kappa shape index (κ2) is 7.00. The predicted octanol–water partition coefficient (Wildman–Crippen LogP) is 1.17. The molecule has 0 aliphatic carbocycles. The van der Waals surface area contributed by atoms with E-state index in [9.17, 15) is 9.59 Å². The third-order valence-electron chi connectivity index (χ3n) is 4.34. The van der Waals surface area contributed by atoms with Crippen LogP contribution in [-0.2, 0) is 25.6 Å². The molecule has 1 amide bonds. The van der Waals surface area contributed by atoms with Gasteiger partial charge in [-0.15, -0.1) is 0 Å². The van der Waals surface area contributed by atoms with Crippen LogP contribution in [0.15, 0.2) is 24.3 Å². The van der Waals surface area contributed by atoms with Crippen LogP contribution < -0.4 is 0 Å². The molecule has 1 aliphatic rings. The van der Waals surface area contributed by atoms with E-state index in [1.165, 1.54) is 7.11 Å². The number of benzene rings is 1. The topological polar surface area (TPSA) is 73.7 Å². The van der Waals surface area contributed by atoms with Gasteiger partial charge in [0, 0.05) is 32.5 Å². The summed E-state index contributed by atoms with van der Waals surface area (Å²) in [7, 11) is 2.99. The van der Waals surface area contributed by atoms with E-state index in [1.807, 2.05) is 28.8 Å². The van der Waals surface area contributed by atoms with Crippen molar-refractivity contribution in [1.29, 1.82) is 0 Å². The van der Waals surface area contributed by atoms with E-state index in [2.05, 4.69) is 4.98 Å². The molecule has 128 valence electrons. The Labute approximate surface area is 140 Å². The van der Waals surface area contributed by atoms with Gasteiger partial charge >= 0.3 is 5.97 Å². The number of nitrogens with zero attached hydrogens (tertiary/aromatic N) is 3. The molecule has 1 atom stereocenters. The van der Waals surface area contributed by atoms with Crippen LogP contribution >= 0.6 is 0 Å². The fraction of sp³-hybridized carbons (Fsp3) is 0.471. The lowest BCUT2D eigenvalue weighted by atomic mass is 10.1. The number of hydrogen-bond donors (Lipinski definition) is 0. The minimum atomic E-state index is -0.333. The third-order valence-corrected chi connectivity index (χ3v) is 4.34. The Balaban J connectivity index is 1.92. The zero-order valence-corrected chi connectivity index (χ0v) is 13.9. The van der Waals surface area contributed by atoms with Gasteiger partial charge in [-0.25, -0.2) is 4.98 Å². The maximum atomic E-state index is 12.2. The number of amides is 1. The standard InChI is InChI=1S/C17H21N3O4/c1-23-8-7-19-10-12(9-15(19)21)17-18-13-5-3-4-6-14(13)20(17)11-16(22)24-2/h3-6,12H,7-11H2,1-2H3/t12-/m1/s1. The molecule has 7 heteroatoms. The van der Waals surface area contributed by atoms with Crippen LogP contribution in [0.1, 0.15) is 18.2 Å². The number of methoxy groups -OCH3 is 2. The fourth-order valence-electron chi connectivity index (χ4n) is 3.13. The van der Waals surface area contributed by atoms with Crippen LogP contribution in [0.5, 0.6) is 0 Å². The zero-order chi connectivity index (χ0) is 17.1. The highest BCUT2D eigenvalue weighted by atomic mass is 16.5. The Kier molecular flexibility index (Phi) is 4.80. The maximum Gasteiger partial charge on any atom is 0.325 e. The van der Waals surface area contributed by atoms with Crippen molar-refractivity contribution in [3.05, 3.63) is 30.1 Å². The predicted molar refractivity (Wildman–Crippen MR) is 87.6 cm³/mol. The number of carbonyl (C=O) groups is 2. The molecule has 1 fully saturated rings. The highest BCUT2D eigenvalue weighted by Gasteiger charge is 2.34. The molecule has 1 aliphatic heterocycles. The molecule has 0 unspecified atom stereocenters. The number of ether oxygens (including phenoxy) is 2. The molecular weight excluding hydrogens is 310 g/mol. The van der Waals surface area contributed by atoms with Crippen molar-refractivity contribution in [2.45, 2.75) is 18.9 Å². The van der Waals surface area contributed by atoms with Crippen molar-refractivity contribution >= 4 is 22.9 Å². The first-order valence-corrected chi connectivity index (χ1v) is 7.92. The number of likely N-dealkylation sites (tertiary alicyclic amines) is 1. The molecular formula is C17H21N3O4. The van der Waals surface area contributed by atoms with E-state index < -0.39 is 0 Å². The van der Waals surface area contributed by atoms with Crippen molar-refractivity contribution in [3.63, 3.8) is 0 Å². The summed E-state index contributed by atoms with van der Waals surface area (Å²) in [4.78, 5) is 30.5. The molecule has 24 heavy (non-hydrogen) atoms. The van der Waals surface area contributed by atoms with E-state index in [0.29, 0.717) is 26.1 Å². The molecule has 0 bridgehead atoms. The smallest absolute Gasteiger partial charge is 0.325 e. The summed E-state index contributed by atoms with van der Waals surface area (Å²) in [6.45, 7) is 1.77. The Morgan fingerprint density at radius 1 is 1.33 bits per heavy atom. The quantitative estimate of drug-likeness (QED) is 0.743. The van der Waals surface area contributed by atoms with Crippen molar-refractivity contribution in [2.24, 2.45) is 0 Å². The molecule has 0 saturated carbocycles. The average molecular weight is 331 g/mol. The van der Waals surface area contributed by atoms with Crippen LogP contribution in [0, 0.1) is 0 Å². The SMILES string of the molecule is COCCN1C[C@H](c2nc3ccccc3n2CC(=O)OC)CC1=O. The number of rotatable bonds is 6. The maximum absolute atomic E-state index is 12.2. The summed E-state index contributed by atoms with van der Waals surface area (Å²) in [5.41, 5.74) is 1.69. The summed E-state index contributed by atoms with van der Waals surface area (Å²) in [6.07, 6.45) is 0.397. The van der Waals surface area contributed by atoms with Crippen molar-refractivity contribution in [3.8, 4) is 0 Å². The van der Waals surface area contributed by atoms with Gasteiger partial charge in [0.1, 0.15) is 12.4 Å². The van der Waals surface area contributed by atoms with Crippen LogP contribution in [0.3, 0.4) is 0 Å². The minimum absolute atomic E-state index is 0.0357. The molecule has 1 aromatic carbocycles. The summed E-state index contributed by atoms with van der Waals surface area (Å²) in [5.74, 6) is 0.481. The summed E-state index contributed by atoms with van der Waals surface area (Å²) < 4.78 is 11.7. The molecule has 3 rings (SSSR count). The van der Waals surface area contributed by atoms with E-state index in [1.54, 1.807) is 12.0 Å². The largest absolute Gasteiger partial charge is 0.468 e. The number of aromatic nitrogens is 2. The summed E-state index contributed by atoms with van der Waals surface area (Å²) >= 11 is 0. The lowest BCUT2D eigenvalue weighted by molar-refractivity contribution is -0.141. The number of hydrogen-bond acceptors (Lipinski definition) is 5. The Hall–Kier alpha value is -2.41. The van der Waals surface area contributed by atoms with E-state index in [-0.39, 0.29) is 24.3 Å². The molecule has 2 aromatic rings. The van der Waals surface area contributed by atoms with Crippen molar-refractivity contribution < 1.29 is 19.1 Å². The molecule has 0 radical (unpaired) electrons. The van der Waals surface area contributed by atoms with E-state index >= 15 is 0 Å². The van der Waals surface area contributed by atoms with Gasteiger partial charge < -0.3 is 18.9 Å². The number of para-hydroxylation sites is 2. The van der Waals surface area contributed by atoms with Gasteiger partial charge in [0.2, 0.25) is 5.91 Å². The third kappa shape index (κ3) is 3.12. The van der Waals surface area contributed by atoms with Gasteiger partial charge in [-0.1, -0.05) is 12.1 Å². The van der Waals surface area contributed by atoms with E-state index in [0.717, 1.165) is 16.9 Å². The summed E-state index contributed by atoms with van der Waals surface area (Å²) in [6, 6.07) is 7.65. The average Bonchev–Trinajstić information content (AvgIpc) is 3.14. The second-order valence-electron chi connectivity index (χ2n) is 5.85. The zero-order valence-electron chi connectivity index (χ0n) is 13.9. The van der Waals surface area contributed by atoms with Gasteiger partial charge in [0.15, 0.2) is 0 Å². The normalized spacial score (nSPS) is 17.7. The van der Waals surface area contributed by atoms with Crippen LogP contribution in [0.25, 0.3) is 11.0 Å². The number of esters is 1. The lowest BCUT2D eigenvalue weighted by Crippen LogP contribution is -2.28. The van der Waals surface area contributed by atoms with Crippen molar-refractivity contribution in [1.82, 2.24) is 14.5 Å². The van der Waals surface area contributed by atoms with Crippen LogP contribution in [-0.4, -0.2) is 60.2 Å². The molecule has 1 aromatic heterocycles. The first-order chi connectivity index (χ1) is 11.6. The highest BCUT2D eigenvalue weighted by molar-refractivity contribution is 5.82. The number of carbonyl (C=O) groups excluding carboxylic acids is 2. The van der Waals surface area contributed by atoms with Crippen LogP contribution in [0.2, 0.25) is 0 Å². The fourth-order valence-corrected chi connectivity index (χ4v) is 3.13. The van der Waals surface area contributed by atoms with Gasteiger partial charge in [-0.2, -0.15) is 0 Å². The van der Waals surface area contributed by atoms with Gasteiger partial charge in [0.05, 0.1) is 24.8 Å². The summed E-state index contributed by atoms with van der Waals surface area (Å²) in [5, 5.41) is 0. The number of imidazole rings is 1. The molecule has 7 nitrogen and oxygen atoms in total. The Morgan fingerprint density at radius 3 is 2.88 bits per heavy atom. The van der Waals surface area contributed by atoms with Crippen LogP contribution in [0.4, 0.5) is 0 Å². The molecule has 2 heterocycles. The Morgan fingerprint density at radius 2 is 2.12 bits per heavy atom. The highest BCUT2D eigenvalue weighted by Crippen LogP contribution is 2.30. The van der Waals surface area contributed by atoms with Crippen molar-refractivity contribution in [2.75, 3.05) is 33.9 Å². The first kappa shape index (κ1) is 16.4. The van der Waals surface area contributed by atoms with Gasteiger partial charge in [0.25, 0.3) is 0 Å². The lowest BCUT2D eigenvalue weighted by Gasteiger charge is -2.16.